The summed E-state index contributed by atoms with van der Waals surface area (Å²) >= 11 is 0. The van der Waals surface area contributed by atoms with Crippen molar-refractivity contribution in [3.8, 4) is 0 Å². The van der Waals surface area contributed by atoms with E-state index in [9.17, 15) is 9.18 Å². The first kappa shape index (κ1) is 12.8. The number of carbonyl (C=O) groups is 1. The molecule has 2 aliphatic heterocycles. The summed E-state index contributed by atoms with van der Waals surface area (Å²) in [6.45, 7) is 2.96. The van der Waals surface area contributed by atoms with Crippen molar-refractivity contribution >= 4 is 5.78 Å². The zero-order chi connectivity index (χ0) is 13.4. The number of ketones is 1. The van der Waals surface area contributed by atoms with E-state index < -0.39 is 0 Å². The lowest BCUT2D eigenvalue weighted by molar-refractivity contribution is -0.123. The molecule has 0 radical (unpaired) electrons. The van der Waals surface area contributed by atoms with Crippen molar-refractivity contribution in [2.45, 2.75) is 51.1 Å². The third-order valence-corrected chi connectivity index (χ3v) is 4.64. The Morgan fingerprint density at radius 3 is 2.58 bits per heavy atom. The molecule has 19 heavy (non-hydrogen) atoms. The van der Waals surface area contributed by atoms with E-state index in [4.69, 9.17) is 0 Å². The van der Waals surface area contributed by atoms with Gasteiger partial charge in [0.15, 0.2) is 0 Å². The second-order valence-electron chi connectivity index (χ2n) is 5.89. The second-order valence-corrected chi connectivity index (χ2v) is 5.89. The molecular formula is C16H20FNO. The lowest BCUT2D eigenvalue weighted by Crippen LogP contribution is -2.44. The van der Waals surface area contributed by atoms with Crippen molar-refractivity contribution in [3.63, 3.8) is 0 Å². The molecule has 2 aliphatic rings. The van der Waals surface area contributed by atoms with Crippen LogP contribution in [0.4, 0.5) is 4.39 Å². The second kappa shape index (κ2) is 5.04. The quantitative estimate of drug-likeness (QED) is 0.834. The average molecular weight is 261 g/mol. The molecule has 2 bridgehead atoms. The van der Waals surface area contributed by atoms with Crippen LogP contribution in [0.1, 0.15) is 36.8 Å². The van der Waals surface area contributed by atoms with E-state index in [0.29, 0.717) is 17.9 Å². The lowest BCUT2D eigenvalue weighted by Gasteiger charge is -2.34. The molecule has 0 amide bonds. The van der Waals surface area contributed by atoms with Crippen molar-refractivity contribution in [1.29, 1.82) is 0 Å². The lowest BCUT2D eigenvalue weighted by atomic mass is 9.99. The fourth-order valence-electron chi connectivity index (χ4n) is 3.62. The molecule has 0 saturated carbocycles. The molecular weight excluding hydrogens is 241 g/mol. The van der Waals surface area contributed by atoms with E-state index >= 15 is 0 Å². The third-order valence-electron chi connectivity index (χ3n) is 4.64. The van der Waals surface area contributed by atoms with Crippen molar-refractivity contribution in [3.05, 3.63) is 35.1 Å². The molecule has 2 unspecified atom stereocenters. The Balaban J connectivity index is 1.65. The van der Waals surface area contributed by atoms with Gasteiger partial charge < -0.3 is 0 Å². The number of aryl methyl sites for hydroxylation is 1. The van der Waals surface area contributed by atoms with Gasteiger partial charge in [0, 0.05) is 31.5 Å². The van der Waals surface area contributed by atoms with Crippen LogP contribution >= 0.6 is 0 Å². The van der Waals surface area contributed by atoms with Crippen molar-refractivity contribution in [2.75, 3.05) is 6.54 Å². The monoisotopic (exact) mass is 261 g/mol. The van der Waals surface area contributed by atoms with Crippen LogP contribution in [0, 0.1) is 12.7 Å². The normalized spacial score (nSPS) is 26.9. The summed E-state index contributed by atoms with van der Waals surface area (Å²) < 4.78 is 13.1. The predicted molar refractivity (Wildman–Crippen MR) is 72.6 cm³/mol. The number of benzene rings is 1. The molecule has 1 aromatic rings. The summed E-state index contributed by atoms with van der Waals surface area (Å²) in [7, 11) is 0. The van der Waals surface area contributed by atoms with E-state index in [1.54, 1.807) is 6.07 Å². The maximum absolute atomic E-state index is 13.1. The van der Waals surface area contributed by atoms with E-state index in [0.717, 1.165) is 31.4 Å². The van der Waals surface area contributed by atoms with Gasteiger partial charge in [0.1, 0.15) is 11.6 Å². The zero-order valence-corrected chi connectivity index (χ0v) is 11.4. The molecule has 2 heterocycles. The maximum atomic E-state index is 13.1. The molecule has 1 aromatic carbocycles. The van der Waals surface area contributed by atoms with Gasteiger partial charge in [-0.25, -0.2) is 4.39 Å². The highest BCUT2D eigenvalue weighted by atomic mass is 19.1. The van der Waals surface area contributed by atoms with E-state index in [1.807, 2.05) is 13.0 Å². The van der Waals surface area contributed by atoms with Crippen LogP contribution in [0.2, 0.25) is 0 Å². The molecule has 2 fully saturated rings. The number of carbonyl (C=O) groups excluding carboxylic acids is 1. The van der Waals surface area contributed by atoms with Crippen molar-refractivity contribution in [2.24, 2.45) is 0 Å². The Labute approximate surface area is 113 Å². The van der Waals surface area contributed by atoms with Crippen LogP contribution in [0.3, 0.4) is 0 Å². The number of nitrogens with zero attached hydrogens (tertiary/aromatic N) is 1. The molecule has 2 atom stereocenters. The van der Waals surface area contributed by atoms with Crippen molar-refractivity contribution < 1.29 is 9.18 Å². The zero-order valence-electron chi connectivity index (χ0n) is 11.4. The number of rotatable bonds is 3. The number of hydrogen-bond donors (Lipinski definition) is 0. The van der Waals surface area contributed by atoms with Gasteiger partial charge in [0.25, 0.3) is 0 Å². The minimum Gasteiger partial charge on any atom is -0.300 e. The average Bonchev–Trinajstić information content (AvgIpc) is 2.60. The largest absolute Gasteiger partial charge is 0.300 e. The minimum atomic E-state index is -0.162. The topological polar surface area (TPSA) is 20.3 Å². The smallest absolute Gasteiger partial charge is 0.136 e. The highest BCUT2D eigenvalue weighted by Crippen LogP contribution is 2.33. The van der Waals surface area contributed by atoms with Gasteiger partial charge in [-0.2, -0.15) is 0 Å². The Morgan fingerprint density at radius 2 is 1.95 bits per heavy atom. The number of piperidine rings is 1. The highest BCUT2D eigenvalue weighted by Gasteiger charge is 2.39. The number of hydrogen-bond acceptors (Lipinski definition) is 2. The predicted octanol–water partition coefficient (Wildman–Crippen LogP) is 2.87. The third kappa shape index (κ3) is 2.57. The molecule has 0 N–H and O–H groups in total. The van der Waals surface area contributed by atoms with Crippen LogP contribution in [-0.2, 0) is 11.2 Å². The SMILES string of the molecule is Cc1cc(F)ccc1CCN1C2CCC1CC(=O)C2. The highest BCUT2D eigenvalue weighted by molar-refractivity contribution is 5.80. The van der Waals surface area contributed by atoms with Gasteiger partial charge in [0.05, 0.1) is 0 Å². The van der Waals surface area contributed by atoms with Crippen molar-refractivity contribution in [1.82, 2.24) is 4.90 Å². The van der Waals surface area contributed by atoms with Gasteiger partial charge >= 0.3 is 0 Å². The fourth-order valence-corrected chi connectivity index (χ4v) is 3.62. The molecule has 102 valence electrons. The maximum Gasteiger partial charge on any atom is 0.136 e. The summed E-state index contributed by atoms with van der Waals surface area (Å²) in [5, 5.41) is 0. The number of fused-ring (bicyclic) bond motifs is 2. The van der Waals surface area contributed by atoms with E-state index in [2.05, 4.69) is 4.90 Å². The summed E-state index contributed by atoms with van der Waals surface area (Å²) in [6.07, 6.45) is 4.75. The first-order chi connectivity index (χ1) is 9.13. The first-order valence-corrected chi connectivity index (χ1v) is 7.16. The van der Waals surface area contributed by atoms with Crippen LogP contribution < -0.4 is 0 Å². The Bertz CT molecular complexity index is 484. The van der Waals surface area contributed by atoms with Gasteiger partial charge in [-0.05, 0) is 49.4 Å². The molecule has 0 spiro atoms. The minimum absolute atomic E-state index is 0.162. The van der Waals surface area contributed by atoms with Crippen LogP contribution in [0.15, 0.2) is 18.2 Å². The molecule has 2 nitrogen and oxygen atoms in total. The Hall–Kier alpha value is -1.22. The van der Waals surface area contributed by atoms with Gasteiger partial charge in [-0.1, -0.05) is 6.07 Å². The first-order valence-electron chi connectivity index (χ1n) is 7.16. The summed E-state index contributed by atoms with van der Waals surface area (Å²) in [4.78, 5) is 14.1. The summed E-state index contributed by atoms with van der Waals surface area (Å²) in [5.74, 6) is 0.270. The van der Waals surface area contributed by atoms with E-state index in [1.165, 1.54) is 24.5 Å². The van der Waals surface area contributed by atoms with Crippen LogP contribution in [0.5, 0.6) is 0 Å². The Kier molecular flexibility index (Phi) is 3.40. The molecule has 2 saturated heterocycles. The van der Waals surface area contributed by atoms with Crippen LogP contribution in [-0.4, -0.2) is 29.3 Å². The molecule has 0 aliphatic carbocycles. The summed E-state index contributed by atoms with van der Waals surface area (Å²) in [6, 6.07) is 5.96. The van der Waals surface area contributed by atoms with Gasteiger partial charge in [-0.3, -0.25) is 9.69 Å². The molecule has 3 rings (SSSR count). The number of Topliss-reactive ketones (excluding diaryl/α,β-unsaturated/α-hetero) is 1. The van der Waals surface area contributed by atoms with Gasteiger partial charge in [-0.15, -0.1) is 0 Å². The molecule has 0 aromatic heterocycles. The number of halogens is 1. The molecule has 3 heteroatoms. The fraction of sp³-hybridized carbons (Fsp3) is 0.562. The summed E-state index contributed by atoms with van der Waals surface area (Å²) in [5.41, 5.74) is 2.25. The van der Waals surface area contributed by atoms with Gasteiger partial charge in [0.2, 0.25) is 0 Å². The Morgan fingerprint density at radius 1 is 1.26 bits per heavy atom. The van der Waals surface area contributed by atoms with Crippen LogP contribution in [0.25, 0.3) is 0 Å². The standard InChI is InChI=1S/C16H20FNO/c1-11-8-13(17)3-2-12(11)6-7-18-14-4-5-15(18)10-16(19)9-14/h2-3,8,14-15H,4-7,9-10H2,1H3. The van der Waals surface area contributed by atoms with E-state index in [-0.39, 0.29) is 5.82 Å².